The molecule has 0 unspecified atom stereocenters. The maximum absolute atomic E-state index is 12.6. The predicted octanol–water partition coefficient (Wildman–Crippen LogP) is 3.41. The van der Waals surface area contributed by atoms with Gasteiger partial charge in [0.25, 0.3) is 5.91 Å². The number of thiophene rings is 1. The molecule has 3 aromatic rings. The number of carbonyl (C=O) groups is 1. The average molecular weight is 393 g/mol. The molecule has 8 heteroatoms. The topological polar surface area (TPSA) is 85.4 Å². The highest BCUT2D eigenvalue weighted by Crippen LogP contribution is 2.29. The largest absolute Gasteiger partial charge is 0.338 e. The third-order valence-corrected chi connectivity index (χ3v) is 5.68. The van der Waals surface area contributed by atoms with Crippen LogP contribution in [0.5, 0.6) is 0 Å². The molecule has 0 spiro atoms. The summed E-state index contributed by atoms with van der Waals surface area (Å²) in [4.78, 5) is 18.2. The Bertz CT molecular complexity index is 1010. The molecule has 0 saturated carbocycles. The Morgan fingerprint density at radius 3 is 2.61 bits per heavy atom. The molecule has 0 atom stereocenters. The highest BCUT2D eigenvalue weighted by molar-refractivity contribution is 7.15. The third kappa shape index (κ3) is 3.91. The van der Waals surface area contributed by atoms with E-state index in [0.717, 1.165) is 36.7 Å². The number of amides is 1. The lowest BCUT2D eigenvalue weighted by Crippen LogP contribution is -2.47. The second-order valence-electron chi connectivity index (χ2n) is 6.65. The Morgan fingerprint density at radius 1 is 1.18 bits per heavy atom. The fourth-order valence-corrected chi connectivity index (χ4v) is 3.77. The number of nitrogens with one attached hydrogen (secondary N) is 1. The van der Waals surface area contributed by atoms with Gasteiger partial charge in [0.05, 0.1) is 4.88 Å². The van der Waals surface area contributed by atoms with Gasteiger partial charge in [-0.3, -0.25) is 4.79 Å². The van der Waals surface area contributed by atoms with Crippen molar-refractivity contribution in [3.05, 3.63) is 52.9 Å². The lowest BCUT2D eigenvalue weighted by molar-refractivity contribution is 0.0664. The summed E-state index contributed by atoms with van der Waals surface area (Å²) in [6.07, 6.45) is 0. The summed E-state index contributed by atoms with van der Waals surface area (Å²) < 4.78 is 5.33. The zero-order valence-corrected chi connectivity index (χ0v) is 16.2. The van der Waals surface area contributed by atoms with Crippen LogP contribution in [0.2, 0.25) is 0 Å². The van der Waals surface area contributed by atoms with Crippen LogP contribution in [0.1, 0.15) is 15.2 Å². The van der Waals surface area contributed by atoms with E-state index in [2.05, 4.69) is 28.5 Å². The number of carbonyl (C=O) groups excluding carboxylic acids is 1. The van der Waals surface area contributed by atoms with E-state index in [0.29, 0.717) is 22.0 Å². The van der Waals surface area contributed by atoms with Gasteiger partial charge >= 0.3 is 0 Å². The second kappa shape index (κ2) is 7.84. The lowest BCUT2D eigenvalue weighted by Gasteiger charge is -2.32. The fraction of sp³-hybridized carbons (Fsp3) is 0.250. The first kappa shape index (κ1) is 18.2. The van der Waals surface area contributed by atoms with Gasteiger partial charge in [0, 0.05) is 43.5 Å². The van der Waals surface area contributed by atoms with E-state index < -0.39 is 0 Å². The number of likely N-dealkylation sites (N-methyl/N-ethyl adjacent to an activating group) is 1. The molecule has 1 fully saturated rings. The first-order valence-corrected chi connectivity index (χ1v) is 9.76. The van der Waals surface area contributed by atoms with Gasteiger partial charge in [-0.05, 0) is 43.4 Å². The van der Waals surface area contributed by atoms with Crippen molar-refractivity contribution >= 4 is 28.8 Å². The Hall–Kier alpha value is -3.15. The monoisotopic (exact) mass is 393 g/mol. The maximum atomic E-state index is 12.6. The molecule has 1 amide bonds. The number of benzene rings is 1. The van der Waals surface area contributed by atoms with Gasteiger partial charge in [0.15, 0.2) is 0 Å². The third-order valence-electron chi connectivity index (χ3n) is 4.67. The minimum Gasteiger partial charge on any atom is -0.338 e. The Balaban J connectivity index is 1.41. The Labute approximate surface area is 166 Å². The molecule has 0 aliphatic carbocycles. The molecule has 1 N–H and O–H groups in total. The first-order valence-electron chi connectivity index (χ1n) is 8.94. The smallest absolute Gasteiger partial charge is 0.253 e. The molecule has 0 bridgehead atoms. The van der Waals surface area contributed by atoms with E-state index >= 15 is 0 Å². The van der Waals surface area contributed by atoms with Crippen molar-refractivity contribution < 1.29 is 9.32 Å². The summed E-state index contributed by atoms with van der Waals surface area (Å²) in [5.41, 5.74) is 2.16. The number of rotatable bonds is 4. The molecule has 4 rings (SSSR count). The lowest BCUT2D eigenvalue weighted by atomic mass is 10.1. The van der Waals surface area contributed by atoms with Crippen LogP contribution in [0.25, 0.3) is 10.6 Å². The molecule has 1 aliphatic heterocycles. The molecule has 1 aliphatic rings. The van der Waals surface area contributed by atoms with Crippen molar-refractivity contribution in [2.24, 2.45) is 0 Å². The van der Waals surface area contributed by atoms with Gasteiger partial charge in [0.2, 0.25) is 5.88 Å². The van der Waals surface area contributed by atoms with Crippen LogP contribution in [0.15, 0.2) is 47.0 Å². The number of anilines is 2. The van der Waals surface area contributed by atoms with Crippen LogP contribution in [0.3, 0.4) is 0 Å². The Kier molecular flexibility index (Phi) is 5.10. The Morgan fingerprint density at radius 2 is 1.93 bits per heavy atom. The van der Waals surface area contributed by atoms with Gasteiger partial charge in [-0.2, -0.15) is 5.26 Å². The molecule has 0 radical (unpaired) electrons. The predicted molar refractivity (Wildman–Crippen MR) is 108 cm³/mol. The zero-order valence-electron chi connectivity index (χ0n) is 15.4. The molecule has 3 heterocycles. The van der Waals surface area contributed by atoms with Crippen molar-refractivity contribution in [2.45, 2.75) is 0 Å². The van der Waals surface area contributed by atoms with E-state index in [-0.39, 0.29) is 5.91 Å². The minimum atomic E-state index is 0.0626. The van der Waals surface area contributed by atoms with Crippen LogP contribution < -0.4 is 5.32 Å². The SMILES string of the molecule is CN1CCN(C(=O)c2ccc(Nc3cc(-c4ccc(C#N)s4)no3)cc2)CC1. The van der Waals surface area contributed by atoms with Crippen molar-refractivity contribution in [3.63, 3.8) is 0 Å². The zero-order chi connectivity index (χ0) is 19.5. The van der Waals surface area contributed by atoms with E-state index in [9.17, 15) is 4.79 Å². The quantitative estimate of drug-likeness (QED) is 0.731. The normalized spacial score (nSPS) is 14.6. The number of nitrogens with zero attached hydrogens (tertiary/aromatic N) is 4. The van der Waals surface area contributed by atoms with E-state index in [4.69, 9.17) is 9.78 Å². The highest BCUT2D eigenvalue weighted by atomic mass is 32.1. The summed E-state index contributed by atoms with van der Waals surface area (Å²) in [5, 5.41) is 16.1. The van der Waals surface area contributed by atoms with Crippen LogP contribution in [0, 0.1) is 11.3 Å². The minimum absolute atomic E-state index is 0.0626. The van der Waals surface area contributed by atoms with Crippen LogP contribution in [0.4, 0.5) is 11.6 Å². The number of hydrogen-bond acceptors (Lipinski definition) is 7. The average Bonchev–Trinajstić information content (AvgIpc) is 3.38. The molecule has 2 aromatic heterocycles. The summed E-state index contributed by atoms with van der Waals surface area (Å²) in [5.74, 6) is 0.563. The summed E-state index contributed by atoms with van der Waals surface area (Å²) >= 11 is 1.37. The van der Waals surface area contributed by atoms with Crippen LogP contribution in [-0.2, 0) is 0 Å². The standard InChI is InChI=1S/C20H19N5O2S/c1-24-8-10-25(11-9-24)20(26)14-2-4-15(5-3-14)22-19-12-17(23-27-19)18-7-6-16(13-21)28-18/h2-7,12,22H,8-11H2,1H3. The number of nitriles is 1. The summed E-state index contributed by atoms with van der Waals surface area (Å²) in [6.45, 7) is 3.32. The molecule has 1 aromatic carbocycles. The molecular formula is C20H19N5O2S. The first-order chi connectivity index (χ1) is 13.6. The van der Waals surface area contributed by atoms with E-state index in [1.54, 1.807) is 12.1 Å². The molecule has 142 valence electrons. The van der Waals surface area contributed by atoms with Crippen LogP contribution >= 0.6 is 11.3 Å². The fourth-order valence-electron chi connectivity index (χ4n) is 3.02. The van der Waals surface area contributed by atoms with Crippen molar-refractivity contribution in [2.75, 3.05) is 38.5 Å². The maximum Gasteiger partial charge on any atom is 0.253 e. The van der Waals surface area contributed by atoms with Crippen molar-refractivity contribution in [1.82, 2.24) is 15.0 Å². The van der Waals surface area contributed by atoms with E-state index in [1.165, 1.54) is 11.3 Å². The molecule has 28 heavy (non-hydrogen) atoms. The summed E-state index contributed by atoms with van der Waals surface area (Å²) in [7, 11) is 2.07. The number of piperazine rings is 1. The van der Waals surface area contributed by atoms with E-state index in [1.807, 2.05) is 35.2 Å². The van der Waals surface area contributed by atoms with Gasteiger partial charge in [0.1, 0.15) is 16.6 Å². The second-order valence-corrected chi connectivity index (χ2v) is 7.73. The van der Waals surface area contributed by atoms with Gasteiger partial charge in [-0.15, -0.1) is 11.3 Å². The summed E-state index contributed by atoms with van der Waals surface area (Å²) in [6, 6.07) is 14.9. The number of aromatic nitrogens is 1. The van der Waals surface area contributed by atoms with Gasteiger partial charge in [-0.25, -0.2) is 0 Å². The van der Waals surface area contributed by atoms with Crippen molar-refractivity contribution in [1.29, 1.82) is 5.26 Å². The van der Waals surface area contributed by atoms with Crippen molar-refractivity contribution in [3.8, 4) is 16.6 Å². The van der Waals surface area contributed by atoms with Gasteiger partial charge < -0.3 is 19.6 Å². The molecule has 7 nitrogen and oxygen atoms in total. The molecular weight excluding hydrogens is 374 g/mol. The highest BCUT2D eigenvalue weighted by Gasteiger charge is 2.20. The molecule has 1 saturated heterocycles. The van der Waals surface area contributed by atoms with Crippen LogP contribution in [-0.4, -0.2) is 54.1 Å². The van der Waals surface area contributed by atoms with Gasteiger partial charge in [-0.1, -0.05) is 5.16 Å². The number of hydrogen-bond donors (Lipinski definition) is 1.